The Morgan fingerprint density at radius 2 is 1.97 bits per heavy atom. The van der Waals surface area contributed by atoms with Crippen LogP contribution >= 0.6 is 11.6 Å². The smallest absolute Gasteiger partial charge is 0.258 e. The second-order valence-corrected chi connectivity index (χ2v) is 9.01. The first-order chi connectivity index (χ1) is 15.0. The van der Waals surface area contributed by atoms with Gasteiger partial charge in [0, 0.05) is 49.0 Å². The van der Waals surface area contributed by atoms with Crippen molar-refractivity contribution in [1.82, 2.24) is 9.80 Å². The molecule has 3 aliphatic rings. The quantitative estimate of drug-likeness (QED) is 0.616. The fourth-order valence-electron chi connectivity index (χ4n) is 4.40. The van der Waals surface area contributed by atoms with Crippen molar-refractivity contribution < 1.29 is 14.3 Å². The number of nitrogens with zero attached hydrogens (tertiary/aromatic N) is 2. The maximum absolute atomic E-state index is 13.1. The average Bonchev–Trinajstić information content (AvgIpc) is 3.17. The van der Waals surface area contributed by atoms with Crippen LogP contribution in [-0.4, -0.2) is 61.2 Å². The number of benzene rings is 1. The summed E-state index contributed by atoms with van der Waals surface area (Å²) in [6.07, 6.45) is 10.5. The number of hydrogen-bond acceptors (Lipinski definition) is 4. The van der Waals surface area contributed by atoms with E-state index in [1.807, 2.05) is 43.3 Å². The molecular weight excluding hydrogens is 412 g/mol. The number of piperidine rings is 1. The van der Waals surface area contributed by atoms with Gasteiger partial charge in [0.1, 0.15) is 18.0 Å². The van der Waals surface area contributed by atoms with Crippen LogP contribution in [0.2, 0.25) is 5.02 Å². The molecule has 1 saturated heterocycles. The normalized spacial score (nSPS) is 24.7. The molecule has 1 atom stereocenters. The number of halogens is 1. The summed E-state index contributed by atoms with van der Waals surface area (Å²) in [4.78, 5) is 17.4. The van der Waals surface area contributed by atoms with E-state index in [1.54, 1.807) is 12.0 Å². The highest BCUT2D eigenvalue weighted by Crippen LogP contribution is 2.35. The molecule has 0 bridgehead atoms. The van der Waals surface area contributed by atoms with Crippen LogP contribution in [0.3, 0.4) is 0 Å². The molecule has 0 radical (unpaired) electrons. The minimum Gasteiger partial charge on any atom is -0.493 e. The number of likely N-dealkylation sites (tertiary alicyclic amines) is 1. The Bertz CT molecular complexity index is 917. The van der Waals surface area contributed by atoms with Gasteiger partial charge in [0.2, 0.25) is 0 Å². The third-order valence-electron chi connectivity index (χ3n) is 6.47. The summed E-state index contributed by atoms with van der Waals surface area (Å²) < 4.78 is 12.0. The van der Waals surface area contributed by atoms with Gasteiger partial charge in [0.15, 0.2) is 0 Å². The van der Waals surface area contributed by atoms with E-state index < -0.39 is 5.60 Å². The van der Waals surface area contributed by atoms with Gasteiger partial charge in [0.25, 0.3) is 5.91 Å². The summed E-state index contributed by atoms with van der Waals surface area (Å²) in [6.45, 7) is 6.41. The lowest BCUT2D eigenvalue weighted by atomic mass is 9.93. The summed E-state index contributed by atoms with van der Waals surface area (Å²) in [5.74, 6) is 0.770. The van der Waals surface area contributed by atoms with E-state index in [-0.39, 0.29) is 5.91 Å². The van der Waals surface area contributed by atoms with Gasteiger partial charge in [-0.3, -0.25) is 9.69 Å². The highest BCUT2D eigenvalue weighted by Gasteiger charge is 2.36. The molecule has 2 heterocycles. The van der Waals surface area contributed by atoms with Gasteiger partial charge in [-0.25, -0.2) is 0 Å². The fourth-order valence-corrected chi connectivity index (χ4v) is 4.59. The maximum atomic E-state index is 13.1. The summed E-state index contributed by atoms with van der Waals surface area (Å²) in [6, 6.07) is 7.43. The molecule has 31 heavy (non-hydrogen) atoms. The van der Waals surface area contributed by atoms with Crippen molar-refractivity contribution in [3.05, 3.63) is 64.5 Å². The number of carbonyl (C=O) groups excluding carboxylic acids is 1. The van der Waals surface area contributed by atoms with Crippen LogP contribution in [0.15, 0.2) is 53.9 Å². The predicted molar refractivity (Wildman–Crippen MR) is 124 cm³/mol. The van der Waals surface area contributed by atoms with E-state index in [0.29, 0.717) is 30.2 Å². The minimum absolute atomic E-state index is 0.0153. The van der Waals surface area contributed by atoms with Crippen LogP contribution in [0.25, 0.3) is 5.57 Å². The van der Waals surface area contributed by atoms with E-state index in [4.69, 9.17) is 21.1 Å². The third-order valence-corrected chi connectivity index (χ3v) is 6.70. The second-order valence-electron chi connectivity index (χ2n) is 8.57. The standard InChI is InChI=1S/C25H31ClN2O3/c1-25(30-2)11-9-21(18-23(25)31-16-15-27-12-4-3-5-13-27)28-14-10-22(24(28)29)19-7-6-8-20(26)17-19/h6-10,17-18H,3-5,11-16H2,1-2H3. The highest BCUT2D eigenvalue weighted by atomic mass is 35.5. The zero-order valence-corrected chi connectivity index (χ0v) is 19.2. The van der Waals surface area contributed by atoms with Gasteiger partial charge in [-0.1, -0.05) is 42.3 Å². The van der Waals surface area contributed by atoms with Crippen LogP contribution in [0.1, 0.15) is 38.2 Å². The Kier molecular flexibility index (Phi) is 6.85. The lowest BCUT2D eigenvalue weighted by Gasteiger charge is -2.35. The number of allylic oxidation sites excluding steroid dienone is 1. The van der Waals surface area contributed by atoms with Gasteiger partial charge < -0.3 is 14.4 Å². The largest absolute Gasteiger partial charge is 0.493 e. The maximum Gasteiger partial charge on any atom is 0.258 e. The molecule has 4 rings (SSSR count). The monoisotopic (exact) mass is 442 g/mol. The van der Waals surface area contributed by atoms with Crippen molar-refractivity contribution in [2.45, 2.75) is 38.2 Å². The molecule has 0 aromatic heterocycles. The Hall–Kier alpha value is -2.08. The summed E-state index contributed by atoms with van der Waals surface area (Å²) >= 11 is 6.12. The van der Waals surface area contributed by atoms with E-state index >= 15 is 0 Å². The number of rotatable bonds is 7. The van der Waals surface area contributed by atoms with Crippen molar-refractivity contribution in [1.29, 1.82) is 0 Å². The molecule has 1 unspecified atom stereocenters. The van der Waals surface area contributed by atoms with Crippen LogP contribution in [-0.2, 0) is 14.3 Å². The van der Waals surface area contributed by atoms with E-state index in [9.17, 15) is 4.79 Å². The second kappa shape index (κ2) is 9.60. The van der Waals surface area contributed by atoms with Crippen molar-refractivity contribution >= 4 is 23.1 Å². The van der Waals surface area contributed by atoms with Crippen LogP contribution < -0.4 is 0 Å². The van der Waals surface area contributed by atoms with Crippen molar-refractivity contribution in [3.8, 4) is 0 Å². The van der Waals surface area contributed by atoms with E-state index in [2.05, 4.69) is 11.0 Å². The summed E-state index contributed by atoms with van der Waals surface area (Å²) in [5, 5.41) is 0.627. The van der Waals surface area contributed by atoms with Crippen molar-refractivity contribution in [2.75, 3.05) is 39.9 Å². The van der Waals surface area contributed by atoms with Gasteiger partial charge in [-0.2, -0.15) is 0 Å². The minimum atomic E-state index is -0.516. The summed E-state index contributed by atoms with van der Waals surface area (Å²) in [5.41, 5.74) is 1.88. The lowest BCUT2D eigenvalue weighted by molar-refractivity contribution is -0.121. The van der Waals surface area contributed by atoms with Gasteiger partial charge >= 0.3 is 0 Å². The molecule has 5 nitrogen and oxygen atoms in total. The highest BCUT2D eigenvalue weighted by molar-refractivity contribution is 6.31. The Morgan fingerprint density at radius 3 is 2.71 bits per heavy atom. The molecule has 6 heteroatoms. The molecule has 1 amide bonds. The molecule has 1 aromatic carbocycles. The number of amides is 1. The molecule has 1 fully saturated rings. The number of methoxy groups -OCH3 is 1. The van der Waals surface area contributed by atoms with Crippen LogP contribution in [0.4, 0.5) is 0 Å². The van der Waals surface area contributed by atoms with Crippen LogP contribution in [0.5, 0.6) is 0 Å². The first-order valence-corrected chi connectivity index (χ1v) is 11.5. The molecule has 0 spiro atoms. The third kappa shape index (κ3) is 4.89. The number of carbonyl (C=O) groups is 1. The molecule has 0 saturated carbocycles. The first-order valence-electron chi connectivity index (χ1n) is 11.1. The van der Waals surface area contributed by atoms with Crippen molar-refractivity contribution in [3.63, 3.8) is 0 Å². The fraction of sp³-hybridized carbons (Fsp3) is 0.480. The lowest BCUT2D eigenvalue weighted by Crippen LogP contribution is -2.37. The zero-order valence-electron chi connectivity index (χ0n) is 18.4. The molecule has 0 N–H and O–H groups in total. The van der Waals surface area contributed by atoms with Crippen LogP contribution in [0, 0.1) is 0 Å². The molecule has 1 aliphatic carbocycles. The van der Waals surface area contributed by atoms with Gasteiger partial charge in [0.05, 0.1) is 0 Å². The Morgan fingerprint density at radius 1 is 1.16 bits per heavy atom. The topological polar surface area (TPSA) is 42.0 Å². The number of ether oxygens (including phenoxy) is 2. The number of hydrogen-bond donors (Lipinski definition) is 0. The van der Waals surface area contributed by atoms with Crippen molar-refractivity contribution in [2.24, 2.45) is 0 Å². The van der Waals surface area contributed by atoms with E-state index in [0.717, 1.165) is 36.7 Å². The van der Waals surface area contributed by atoms with Gasteiger partial charge in [-0.05, 0) is 50.6 Å². The SMILES string of the molecule is COC1(C)CC=C(N2CC=C(c3cccc(Cl)c3)C2=O)C=C1OCCN1CCCCC1. The Labute approximate surface area is 189 Å². The predicted octanol–water partition coefficient (Wildman–Crippen LogP) is 4.64. The average molecular weight is 443 g/mol. The first kappa shape index (κ1) is 22.1. The van der Waals surface area contributed by atoms with E-state index in [1.165, 1.54) is 19.3 Å². The summed E-state index contributed by atoms with van der Waals surface area (Å²) in [7, 11) is 1.71. The zero-order chi connectivity index (χ0) is 21.8. The molecular formula is C25H31ClN2O3. The Balaban J connectivity index is 1.45. The molecule has 2 aliphatic heterocycles. The van der Waals surface area contributed by atoms with Gasteiger partial charge in [-0.15, -0.1) is 0 Å². The molecule has 1 aromatic rings. The molecule has 166 valence electrons.